The van der Waals surface area contributed by atoms with Crippen LogP contribution in [0.4, 0.5) is 5.69 Å². The Labute approximate surface area is 215 Å². The Morgan fingerprint density at radius 1 is 0.892 bits per heavy atom. The Hall–Kier alpha value is -4.66. The topological polar surface area (TPSA) is 118 Å². The molecule has 0 radical (unpaired) electrons. The summed E-state index contributed by atoms with van der Waals surface area (Å²) >= 11 is 0. The van der Waals surface area contributed by atoms with Crippen molar-refractivity contribution >= 4 is 29.6 Å². The molecule has 0 aliphatic carbocycles. The molecule has 0 aliphatic rings. The van der Waals surface area contributed by atoms with Gasteiger partial charge in [0.05, 0.1) is 13.3 Å². The second-order valence-corrected chi connectivity index (χ2v) is 8.41. The van der Waals surface area contributed by atoms with Crippen molar-refractivity contribution in [2.75, 3.05) is 19.0 Å². The molecule has 192 valence electrons. The van der Waals surface area contributed by atoms with Crippen LogP contribution in [-0.2, 0) is 20.9 Å². The highest BCUT2D eigenvalue weighted by atomic mass is 16.5. The monoisotopic (exact) mass is 502 g/mol. The highest BCUT2D eigenvalue weighted by Crippen LogP contribution is 2.22. The summed E-state index contributed by atoms with van der Waals surface area (Å²) in [5, 5.41) is 9.24. The number of hydrogen-bond donors (Lipinski definition) is 3. The number of nitrogens with one attached hydrogen (secondary N) is 3. The number of ether oxygens (including phenoxy) is 2. The summed E-state index contributed by atoms with van der Waals surface area (Å²) in [4.78, 5) is 36.4. The van der Waals surface area contributed by atoms with Gasteiger partial charge in [-0.1, -0.05) is 42.0 Å². The predicted molar refractivity (Wildman–Crippen MR) is 142 cm³/mol. The van der Waals surface area contributed by atoms with Crippen LogP contribution in [0.25, 0.3) is 0 Å². The average Bonchev–Trinajstić information content (AvgIpc) is 2.88. The molecule has 3 rings (SSSR count). The van der Waals surface area contributed by atoms with Crippen LogP contribution >= 0.6 is 0 Å². The van der Waals surface area contributed by atoms with E-state index in [1.165, 1.54) is 6.21 Å². The number of hydrogen-bond acceptors (Lipinski definition) is 6. The van der Waals surface area contributed by atoms with Gasteiger partial charge in [-0.3, -0.25) is 14.4 Å². The maximum atomic E-state index is 12.4. The van der Waals surface area contributed by atoms with Gasteiger partial charge in [-0.25, -0.2) is 5.43 Å². The number of hydrazone groups is 1. The van der Waals surface area contributed by atoms with Gasteiger partial charge in [-0.05, 0) is 67.3 Å². The van der Waals surface area contributed by atoms with Crippen LogP contribution in [0, 0.1) is 20.8 Å². The highest BCUT2D eigenvalue weighted by Gasteiger charge is 2.12. The maximum absolute atomic E-state index is 12.4. The Morgan fingerprint density at radius 2 is 1.59 bits per heavy atom. The lowest BCUT2D eigenvalue weighted by atomic mass is 10.1. The Kier molecular flexibility index (Phi) is 9.37. The van der Waals surface area contributed by atoms with Gasteiger partial charge >= 0.3 is 11.8 Å². The molecule has 0 bridgehead atoms. The summed E-state index contributed by atoms with van der Waals surface area (Å²) in [6, 6.07) is 18.0. The van der Waals surface area contributed by atoms with E-state index < -0.39 is 11.8 Å². The Bertz CT molecular complexity index is 1280. The number of carbonyl (C=O) groups is 3. The first-order valence-electron chi connectivity index (χ1n) is 11.6. The summed E-state index contributed by atoms with van der Waals surface area (Å²) in [6.07, 6.45) is 1.38. The molecule has 0 spiro atoms. The molecule has 0 fully saturated rings. The zero-order valence-electron chi connectivity index (χ0n) is 21.3. The number of rotatable bonds is 9. The van der Waals surface area contributed by atoms with Gasteiger partial charge in [0.1, 0.15) is 11.5 Å². The summed E-state index contributed by atoms with van der Waals surface area (Å²) in [5.74, 6) is -0.819. The van der Waals surface area contributed by atoms with Gasteiger partial charge in [0, 0.05) is 12.2 Å². The zero-order chi connectivity index (χ0) is 26.8. The third kappa shape index (κ3) is 8.21. The van der Waals surface area contributed by atoms with Gasteiger partial charge in [0.15, 0.2) is 6.61 Å². The van der Waals surface area contributed by atoms with E-state index in [-0.39, 0.29) is 19.1 Å². The maximum Gasteiger partial charge on any atom is 0.329 e. The number of methoxy groups -OCH3 is 1. The van der Waals surface area contributed by atoms with Gasteiger partial charge in [0.2, 0.25) is 0 Å². The fourth-order valence-electron chi connectivity index (χ4n) is 3.61. The van der Waals surface area contributed by atoms with Crippen molar-refractivity contribution in [1.29, 1.82) is 0 Å². The molecular weight excluding hydrogens is 472 g/mol. The second kappa shape index (κ2) is 12.9. The lowest BCUT2D eigenvalue weighted by Crippen LogP contribution is -2.37. The molecule has 3 aromatic rings. The fourth-order valence-corrected chi connectivity index (χ4v) is 3.61. The van der Waals surface area contributed by atoms with Crippen LogP contribution in [0.5, 0.6) is 11.5 Å². The standard InChI is InChI=1S/C28H30N4O5/c1-18-12-19(2)26(20(3)13-18)31-25(33)17-37-24-7-5-6-22(14-24)16-30-32-28(35)27(34)29-15-21-8-10-23(36-4)11-9-21/h5-14,16H,15,17H2,1-4H3,(H,29,34)(H,31,33)(H,32,35)/b30-16-. The number of anilines is 1. The smallest absolute Gasteiger partial charge is 0.329 e. The van der Waals surface area contributed by atoms with Crippen LogP contribution in [0.1, 0.15) is 27.8 Å². The first kappa shape index (κ1) is 26.9. The number of benzene rings is 3. The van der Waals surface area contributed by atoms with Crippen molar-refractivity contribution in [3.8, 4) is 11.5 Å². The van der Waals surface area contributed by atoms with E-state index >= 15 is 0 Å². The van der Waals surface area contributed by atoms with Crippen molar-refractivity contribution in [1.82, 2.24) is 10.7 Å². The van der Waals surface area contributed by atoms with Crippen LogP contribution < -0.4 is 25.5 Å². The van der Waals surface area contributed by atoms with E-state index in [0.717, 1.165) is 27.9 Å². The van der Waals surface area contributed by atoms with Gasteiger partial charge < -0.3 is 20.1 Å². The summed E-state index contributed by atoms with van der Waals surface area (Å²) < 4.78 is 10.7. The molecule has 0 aliphatic heterocycles. The molecule has 3 amide bonds. The van der Waals surface area contributed by atoms with E-state index in [2.05, 4.69) is 21.2 Å². The van der Waals surface area contributed by atoms with Crippen LogP contribution in [-0.4, -0.2) is 37.7 Å². The van der Waals surface area contributed by atoms with Gasteiger partial charge in [-0.2, -0.15) is 5.10 Å². The highest BCUT2D eigenvalue weighted by molar-refractivity contribution is 6.35. The quantitative estimate of drug-likeness (QED) is 0.235. The Morgan fingerprint density at radius 3 is 2.27 bits per heavy atom. The molecule has 0 saturated carbocycles. The zero-order valence-corrected chi connectivity index (χ0v) is 21.3. The largest absolute Gasteiger partial charge is 0.497 e. The molecule has 0 heterocycles. The minimum absolute atomic E-state index is 0.168. The molecule has 9 nitrogen and oxygen atoms in total. The second-order valence-electron chi connectivity index (χ2n) is 8.41. The van der Waals surface area contributed by atoms with Crippen molar-refractivity contribution in [2.45, 2.75) is 27.3 Å². The normalized spacial score (nSPS) is 10.6. The van der Waals surface area contributed by atoms with Crippen molar-refractivity contribution < 1.29 is 23.9 Å². The van der Waals surface area contributed by atoms with Gasteiger partial charge in [-0.15, -0.1) is 0 Å². The van der Waals surface area contributed by atoms with E-state index in [0.29, 0.717) is 17.1 Å². The minimum atomic E-state index is -0.893. The number of nitrogens with zero attached hydrogens (tertiary/aromatic N) is 1. The molecule has 0 saturated heterocycles. The summed E-state index contributed by atoms with van der Waals surface area (Å²) in [7, 11) is 1.57. The van der Waals surface area contributed by atoms with E-state index in [1.807, 2.05) is 32.9 Å². The fraction of sp³-hybridized carbons (Fsp3) is 0.214. The third-order valence-electron chi connectivity index (χ3n) is 5.37. The van der Waals surface area contributed by atoms with Crippen LogP contribution in [0.15, 0.2) is 65.8 Å². The SMILES string of the molecule is COc1ccc(CNC(=O)C(=O)N/N=C\c2cccc(OCC(=O)Nc3c(C)cc(C)cc3C)c2)cc1. The number of aryl methyl sites for hydroxylation is 3. The van der Waals surface area contributed by atoms with Crippen molar-refractivity contribution in [2.24, 2.45) is 5.10 Å². The lowest BCUT2D eigenvalue weighted by Gasteiger charge is -2.13. The van der Waals surface area contributed by atoms with Crippen LogP contribution in [0.2, 0.25) is 0 Å². The third-order valence-corrected chi connectivity index (χ3v) is 5.37. The van der Waals surface area contributed by atoms with Crippen molar-refractivity contribution in [3.05, 3.63) is 88.5 Å². The van der Waals surface area contributed by atoms with E-state index in [1.54, 1.807) is 55.6 Å². The molecule has 0 unspecified atom stereocenters. The van der Waals surface area contributed by atoms with Crippen molar-refractivity contribution in [3.63, 3.8) is 0 Å². The first-order valence-corrected chi connectivity index (χ1v) is 11.6. The predicted octanol–water partition coefficient (Wildman–Crippen LogP) is 3.40. The summed E-state index contributed by atoms with van der Waals surface area (Å²) in [6.45, 7) is 5.93. The summed E-state index contributed by atoms with van der Waals surface area (Å²) in [5.41, 5.74) is 7.51. The molecule has 0 atom stereocenters. The molecule has 0 aromatic heterocycles. The number of amides is 3. The minimum Gasteiger partial charge on any atom is -0.497 e. The van der Waals surface area contributed by atoms with E-state index in [9.17, 15) is 14.4 Å². The molecular formula is C28H30N4O5. The lowest BCUT2D eigenvalue weighted by molar-refractivity contribution is -0.139. The number of carbonyl (C=O) groups excluding carboxylic acids is 3. The van der Waals surface area contributed by atoms with Crippen LogP contribution in [0.3, 0.4) is 0 Å². The van der Waals surface area contributed by atoms with E-state index in [4.69, 9.17) is 9.47 Å². The molecule has 3 N–H and O–H groups in total. The Balaban J connectivity index is 1.46. The first-order chi connectivity index (χ1) is 17.7. The molecule has 9 heteroatoms. The average molecular weight is 503 g/mol. The molecule has 37 heavy (non-hydrogen) atoms. The molecule has 3 aromatic carbocycles. The van der Waals surface area contributed by atoms with Gasteiger partial charge in [0.25, 0.3) is 5.91 Å².